The number of aliphatic hydroxyl groups is 4. The fourth-order valence-electron chi connectivity index (χ4n) is 6.02. The highest BCUT2D eigenvalue weighted by atomic mass is 16.7. The van der Waals surface area contributed by atoms with Crippen molar-refractivity contribution in [2.75, 3.05) is 19.8 Å². The number of carbonyl (C=O) groups is 2. The standard InChI is InChI=1S/C44H76O10/c1-3-5-7-9-11-13-15-17-19-21-22-24-26-28-30-32-39(46)51-35-37(36-52-44-43(50)42(49)41(48)38(34-45)54-44)53-40(47)33-31-29-27-25-23-20-18-16-14-12-10-8-6-4-2/h10,12-13,15-19,37-38,41-45,48-50H,3-9,11,14,20-36H2,1-2H3/b12-10+,15-13+,18-16+,19-17+/t37-,38-,41+,42?,43?,44-/m0/s1. The lowest BCUT2D eigenvalue weighted by atomic mass is 9.99. The Kier molecular flexibility index (Phi) is 32.3. The summed E-state index contributed by atoms with van der Waals surface area (Å²) in [6, 6.07) is 0. The van der Waals surface area contributed by atoms with Crippen LogP contribution in [0.25, 0.3) is 0 Å². The number of rotatable bonds is 34. The summed E-state index contributed by atoms with van der Waals surface area (Å²) in [5.41, 5.74) is 0. The van der Waals surface area contributed by atoms with Crippen molar-refractivity contribution < 1.29 is 49.0 Å². The van der Waals surface area contributed by atoms with Gasteiger partial charge in [0.15, 0.2) is 12.4 Å². The molecule has 1 heterocycles. The maximum Gasteiger partial charge on any atom is 0.306 e. The summed E-state index contributed by atoms with van der Waals surface area (Å²) in [4.78, 5) is 25.3. The quantitative estimate of drug-likeness (QED) is 0.0217. The molecule has 0 spiro atoms. The van der Waals surface area contributed by atoms with Gasteiger partial charge in [0.1, 0.15) is 31.0 Å². The minimum Gasteiger partial charge on any atom is -0.462 e. The second-order valence-electron chi connectivity index (χ2n) is 14.5. The maximum atomic E-state index is 12.7. The lowest BCUT2D eigenvalue weighted by Crippen LogP contribution is -2.59. The van der Waals surface area contributed by atoms with E-state index in [4.69, 9.17) is 18.9 Å². The van der Waals surface area contributed by atoms with Gasteiger partial charge in [0.25, 0.3) is 0 Å². The average molecular weight is 765 g/mol. The predicted octanol–water partition coefficient (Wildman–Crippen LogP) is 8.49. The molecule has 0 bridgehead atoms. The third-order valence-electron chi connectivity index (χ3n) is 9.46. The number of esters is 2. The number of aliphatic hydroxyl groups excluding tert-OH is 4. The van der Waals surface area contributed by atoms with Crippen molar-refractivity contribution in [1.29, 1.82) is 0 Å². The van der Waals surface area contributed by atoms with Gasteiger partial charge in [0.05, 0.1) is 13.2 Å². The van der Waals surface area contributed by atoms with Crippen molar-refractivity contribution in [2.45, 2.75) is 198 Å². The molecule has 6 atom stereocenters. The van der Waals surface area contributed by atoms with Crippen LogP contribution in [-0.2, 0) is 28.5 Å². The van der Waals surface area contributed by atoms with Crippen molar-refractivity contribution >= 4 is 11.9 Å². The summed E-state index contributed by atoms with van der Waals surface area (Å²) in [7, 11) is 0. The van der Waals surface area contributed by atoms with Crippen LogP contribution >= 0.6 is 0 Å². The van der Waals surface area contributed by atoms with Crippen LogP contribution < -0.4 is 0 Å². The molecule has 0 aromatic heterocycles. The second-order valence-corrected chi connectivity index (χ2v) is 14.5. The van der Waals surface area contributed by atoms with E-state index in [0.717, 1.165) is 83.5 Å². The fourth-order valence-corrected chi connectivity index (χ4v) is 6.02. The molecule has 54 heavy (non-hydrogen) atoms. The average Bonchev–Trinajstić information content (AvgIpc) is 3.17. The summed E-state index contributed by atoms with van der Waals surface area (Å²) in [5.74, 6) is -0.844. The predicted molar refractivity (Wildman–Crippen MR) is 215 cm³/mol. The van der Waals surface area contributed by atoms with Crippen molar-refractivity contribution in [2.24, 2.45) is 0 Å². The van der Waals surface area contributed by atoms with Crippen molar-refractivity contribution in [3.8, 4) is 0 Å². The van der Waals surface area contributed by atoms with Crippen molar-refractivity contribution in [3.05, 3.63) is 48.6 Å². The van der Waals surface area contributed by atoms with Gasteiger partial charge >= 0.3 is 11.9 Å². The third-order valence-corrected chi connectivity index (χ3v) is 9.46. The van der Waals surface area contributed by atoms with E-state index < -0.39 is 55.4 Å². The SMILES string of the molecule is CCCC/C=C/C/C=C/CCCCCCCC(=O)O[C@@H](COC(=O)CCCCCCC/C=C/C=C/CCCCCC)CO[C@H]1O[C@@H](CO)[C@@H](O)C(O)C1O. The first-order valence-electron chi connectivity index (χ1n) is 21.2. The van der Waals surface area contributed by atoms with E-state index in [1.54, 1.807) is 0 Å². The van der Waals surface area contributed by atoms with E-state index >= 15 is 0 Å². The minimum atomic E-state index is -1.60. The first-order valence-corrected chi connectivity index (χ1v) is 21.2. The molecule has 0 amide bonds. The van der Waals surface area contributed by atoms with Crippen LogP contribution in [0, 0.1) is 0 Å². The Morgan fingerprint density at radius 2 is 1.11 bits per heavy atom. The second kappa shape index (κ2) is 35.1. The molecule has 1 rings (SSSR count). The monoisotopic (exact) mass is 765 g/mol. The zero-order chi connectivity index (χ0) is 39.5. The number of allylic oxidation sites excluding steroid dienone is 8. The minimum absolute atomic E-state index is 0.209. The highest BCUT2D eigenvalue weighted by molar-refractivity contribution is 5.70. The Labute approximate surface area is 327 Å². The van der Waals surface area contributed by atoms with E-state index in [0.29, 0.717) is 12.8 Å². The van der Waals surface area contributed by atoms with E-state index in [1.807, 2.05) is 0 Å². The first-order chi connectivity index (χ1) is 26.3. The first kappa shape index (κ1) is 49.7. The summed E-state index contributed by atoms with van der Waals surface area (Å²) in [6.45, 7) is 3.31. The molecule has 1 saturated heterocycles. The molecule has 0 aliphatic carbocycles. The van der Waals surface area contributed by atoms with Gasteiger partial charge in [-0.15, -0.1) is 0 Å². The Morgan fingerprint density at radius 1 is 0.593 bits per heavy atom. The highest BCUT2D eigenvalue weighted by Crippen LogP contribution is 2.22. The summed E-state index contributed by atoms with van der Waals surface area (Å²) >= 11 is 0. The van der Waals surface area contributed by atoms with Crippen LogP contribution in [0.2, 0.25) is 0 Å². The number of hydrogen-bond donors (Lipinski definition) is 4. The van der Waals surface area contributed by atoms with E-state index in [2.05, 4.69) is 62.5 Å². The molecule has 4 N–H and O–H groups in total. The Morgan fingerprint density at radius 3 is 1.70 bits per heavy atom. The number of hydrogen-bond acceptors (Lipinski definition) is 10. The Balaban J connectivity index is 2.39. The number of unbranched alkanes of at least 4 members (excludes halogenated alkanes) is 16. The molecule has 10 nitrogen and oxygen atoms in total. The van der Waals surface area contributed by atoms with E-state index in [1.165, 1.54) is 38.5 Å². The summed E-state index contributed by atoms with van der Waals surface area (Å²) in [6.07, 6.45) is 32.5. The Bertz CT molecular complexity index is 1020. The smallest absolute Gasteiger partial charge is 0.306 e. The lowest BCUT2D eigenvalue weighted by molar-refractivity contribution is -0.305. The molecule has 1 aliphatic rings. The van der Waals surface area contributed by atoms with Crippen LogP contribution in [0.1, 0.15) is 162 Å². The van der Waals surface area contributed by atoms with Gasteiger partial charge in [-0.05, 0) is 64.2 Å². The van der Waals surface area contributed by atoms with E-state index in [-0.39, 0.29) is 26.1 Å². The molecule has 1 fully saturated rings. The zero-order valence-electron chi connectivity index (χ0n) is 33.7. The largest absolute Gasteiger partial charge is 0.462 e. The normalized spacial score (nSPS) is 21.2. The molecular formula is C44H76O10. The van der Waals surface area contributed by atoms with E-state index in [9.17, 15) is 30.0 Å². The molecule has 0 saturated carbocycles. The van der Waals surface area contributed by atoms with Gasteiger partial charge in [0, 0.05) is 12.8 Å². The van der Waals surface area contributed by atoms with Crippen LogP contribution in [0.3, 0.4) is 0 Å². The fraction of sp³-hybridized carbons (Fsp3) is 0.773. The van der Waals surface area contributed by atoms with Gasteiger partial charge in [-0.3, -0.25) is 9.59 Å². The molecule has 2 unspecified atom stereocenters. The number of ether oxygens (including phenoxy) is 4. The molecule has 10 heteroatoms. The van der Waals surface area contributed by atoms with Gasteiger partial charge < -0.3 is 39.4 Å². The molecule has 0 aromatic carbocycles. The Hall–Kier alpha value is -2.34. The zero-order valence-corrected chi connectivity index (χ0v) is 33.7. The van der Waals surface area contributed by atoms with Gasteiger partial charge in [-0.25, -0.2) is 0 Å². The molecule has 1 aliphatic heterocycles. The highest BCUT2D eigenvalue weighted by Gasteiger charge is 2.44. The van der Waals surface area contributed by atoms with Gasteiger partial charge in [-0.1, -0.05) is 133 Å². The molecular weight excluding hydrogens is 688 g/mol. The molecule has 0 radical (unpaired) electrons. The van der Waals surface area contributed by atoms with Crippen molar-refractivity contribution in [3.63, 3.8) is 0 Å². The summed E-state index contributed by atoms with van der Waals surface area (Å²) in [5, 5.41) is 40.0. The molecule has 0 aromatic rings. The van der Waals surface area contributed by atoms with Crippen LogP contribution in [-0.4, -0.2) is 89.0 Å². The van der Waals surface area contributed by atoms with Gasteiger partial charge in [-0.2, -0.15) is 0 Å². The summed E-state index contributed by atoms with van der Waals surface area (Å²) < 4.78 is 22.1. The maximum absolute atomic E-state index is 12.7. The lowest BCUT2D eigenvalue weighted by Gasteiger charge is -2.39. The van der Waals surface area contributed by atoms with Gasteiger partial charge in [0.2, 0.25) is 0 Å². The number of carbonyl (C=O) groups excluding carboxylic acids is 2. The topological polar surface area (TPSA) is 152 Å². The van der Waals surface area contributed by atoms with Crippen molar-refractivity contribution in [1.82, 2.24) is 0 Å². The van der Waals surface area contributed by atoms with Crippen LogP contribution in [0.4, 0.5) is 0 Å². The van der Waals surface area contributed by atoms with Crippen LogP contribution in [0.5, 0.6) is 0 Å². The third kappa shape index (κ3) is 26.5. The van der Waals surface area contributed by atoms with Crippen LogP contribution in [0.15, 0.2) is 48.6 Å². The molecule has 312 valence electrons.